The lowest BCUT2D eigenvalue weighted by molar-refractivity contribution is 0.172. The molecule has 1 aromatic carbocycles. The number of benzene rings is 1. The summed E-state index contributed by atoms with van der Waals surface area (Å²) < 4.78 is 37.8. The Hall–Kier alpha value is -3.71. The summed E-state index contributed by atoms with van der Waals surface area (Å²) in [5.74, 6) is 1.92. The lowest BCUT2D eigenvalue weighted by atomic mass is 9.93. The first-order valence-electron chi connectivity index (χ1n) is 12.6. The standard InChI is InChI=1S/C26H34N6O6S/c1-17-12-20(17)16-32(10-11-37-3)22-14-19(13-21(27-22)31-39(4,35)36)23-29-30-24(38-23)26(2,28-25(33)34)15-18-8-6-5-7-9-18/h5-9,13-14,17,20,28H,10-12,15-16H2,1-4H3,(H,27,31)(H,33,34)/t17-,20+,26-/m1/s1. The lowest BCUT2D eigenvalue weighted by Gasteiger charge is -2.26. The summed E-state index contributed by atoms with van der Waals surface area (Å²) >= 11 is 0. The van der Waals surface area contributed by atoms with Crippen LogP contribution in [-0.4, -0.2) is 67.9 Å². The van der Waals surface area contributed by atoms with Gasteiger partial charge in [0.2, 0.25) is 21.8 Å². The molecule has 0 bridgehead atoms. The van der Waals surface area contributed by atoms with Gasteiger partial charge in [0.05, 0.1) is 12.9 Å². The zero-order valence-corrected chi connectivity index (χ0v) is 23.2. The van der Waals surface area contributed by atoms with E-state index in [0.717, 1.165) is 24.8 Å². The molecule has 39 heavy (non-hydrogen) atoms. The van der Waals surface area contributed by atoms with E-state index in [1.807, 2.05) is 30.3 Å². The Morgan fingerprint density at radius 1 is 1.26 bits per heavy atom. The van der Waals surface area contributed by atoms with Crippen LogP contribution in [0.1, 0.15) is 31.7 Å². The molecule has 1 amide bonds. The average Bonchev–Trinajstić information content (AvgIpc) is 3.32. The van der Waals surface area contributed by atoms with Crippen molar-refractivity contribution in [3.63, 3.8) is 0 Å². The largest absolute Gasteiger partial charge is 0.465 e. The number of hydrogen-bond acceptors (Lipinski definition) is 9. The Balaban J connectivity index is 1.72. The number of carbonyl (C=O) groups is 1. The Morgan fingerprint density at radius 2 is 1.97 bits per heavy atom. The molecule has 210 valence electrons. The van der Waals surface area contributed by atoms with Crippen LogP contribution in [0.2, 0.25) is 0 Å². The molecule has 0 spiro atoms. The first kappa shape index (κ1) is 28.3. The minimum absolute atomic E-state index is 0.0720. The molecule has 0 unspecified atom stereocenters. The predicted octanol–water partition coefficient (Wildman–Crippen LogP) is 3.34. The van der Waals surface area contributed by atoms with Gasteiger partial charge in [-0.15, -0.1) is 10.2 Å². The van der Waals surface area contributed by atoms with E-state index in [1.165, 1.54) is 6.07 Å². The van der Waals surface area contributed by atoms with Gasteiger partial charge in [-0.2, -0.15) is 0 Å². The van der Waals surface area contributed by atoms with Crippen molar-refractivity contribution in [2.45, 2.75) is 32.2 Å². The number of carboxylic acid groups (broad SMARTS) is 1. The Morgan fingerprint density at radius 3 is 2.59 bits per heavy atom. The molecule has 12 nitrogen and oxygen atoms in total. The van der Waals surface area contributed by atoms with Gasteiger partial charge in [0.1, 0.15) is 17.2 Å². The van der Waals surface area contributed by atoms with E-state index in [9.17, 15) is 18.3 Å². The van der Waals surface area contributed by atoms with Crippen LogP contribution in [0, 0.1) is 11.8 Å². The number of anilines is 2. The fraction of sp³-hybridized carbons (Fsp3) is 0.462. The summed E-state index contributed by atoms with van der Waals surface area (Å²) in [5, 5.41) is 20.4. The van der Waals surface area contributed by atoms with Gasteiger partial charge < -0.3 is 24.5 Å². The second-order valence-electron chi connectivity index (χ2n) is 10.2. The molecule has 0 saturated heterocycles. The number of pyridine rings is 1. The number of methoxy groups -OCH3 is 1. The molecular weight excluding hydrogens is 524 g/mol. The fourth-order valence-electron chi connectivity index (χ4n) is 4.46. The molecule has 0 radical (unpaired) electrons. The third-order valence-electron chi connectivity index (χ3n) is 6.65. The highest BCUT2D eigenvalue weighted by molar-refractivity contribution is 7.92. The van der Waals surface area contributed by atoms with Gasteiger partial charge in [0.25, 0.3) is 0 Å². The zero-order valence-electron chi connectivity index (χ0n) is 22.4. The van der Waals surface area contributed by atoms with E-state index < -0.39 is 21.7 Å². The van der Waals surface area contributed by atoms with Crippen LogP contribution in [0.4, 0.5) is 16.4 Å². The first-order valence-corrected chi connectivity index (χ1v) is 14.5. The summed E-state index contributed by atoms with van der Waals surface area (Å²) in [6.45, 7) is 5.62. The third-order valence-corrected chi connectivity index (χ3v) is 7.23. The minimum atomic E-state index is -3.62. The normalized spacial score (nSPS) is 18.3. The molecule has 1 aliphatic rings. The number of amides is 1. The third kappa shape index (κ3) is 7.67. The van der Waals surface area contributed by atoms with Gasteiger partial charge in [-0.3, -0.25) is 4.72 Å². The van der Waals surface area contributed by atoms with Gasteiger partial charge in [0, 0.05) is 32.2 Å². The maximum Gasteiger partial charge on any atom is 0.405 e. The molecule has 1 saturated carbocycles. The van der Waals surface area contributed by atoms with Gasteiger partial charge in [-0.1, -0.05) is 37.3 Å². The van der Waals surface area contributed by atoms with Gasteiger partial charge in [-0.05, 0) is 42.9 Å². The quantitative estimate of drug-likeness (QED) is 0.284. The SMILES string of the molecule is COCCN(C[C@@H]1C[C@H]1C)c1cc(-c2nnc([C@@](C)(Cc3ccccc3)NC(=O)O)o2)cc(NS(C)(=O)=O)n1. The van der Waals surface area contributed by atoms with E-state index in [1.54, 1.807) is 20.1 Å². The van der Waals surface area contributed by atoms with Crippen molar-refractivity contribution in [3.8, 4) is 11.5 Å². The summed E-state index contributed by atoms with van der Waals surface area (Å²) in [6, 6.07) is 12.6. The lowest BCUT2D eigenvalue weighted by Crippen LogP contribution is -2.44. The van der Waals surface area contributed by atoms with Crippen LogP contribution in [-0.2, 0) is 26.7 Å². The first-order chi connectivity index (χ1) is 18.5. The summed E-state index contributed by atoms with van der Waals surface area (Å²) in [5.41, 5.74) is 0.102. The minimum Gasteiger partial charge on any atom is -0.465 e. The molecule has 3 N–H and O–H groups in total. The van der Waals surface area contributed by atoms with E-state index in [0.29, 0.717) is 36.4 Å². The smallest absolute Gasteiger partial charge is 0.405 e. The molecule has 0 aliphatic heterocycles. The topological polar surface area (TPSA) is 160 Å². The highest BCUT2D eigenvalue weighted by atomic mass is 32.2. The second kappa shape index (κ2) is 11.6. The van der Waals surface area contributed by atoms with Crippen molar-refractivity contribution in [2.24, 2.45) is 11.8 Å². The summed E-state index contributed by atoms with van der Waals surface area (Å²) in [7, 11) is -2.00. The highest BCUT2D eigenvalue weighted by Crippen LogP contribution is 2.39. The second-order valence-corrected chi connectivity index (χ2v) is 12.0. The molecule has 3 aromatic rings. The van der Waals surface area contributed by atoms with E-state index in [2.05, 4.69) is 37.0 Å². The van der Waals surface area contributed by atoms with Crippen molar-refractivity contribution in [1.29, 1.82) is 0 Å². The van der Waals surface area contributed by atoms with Gasteiger partial charge in [0.15, 0.2) is 0 Å². The van der Waals surface area contributed by atoms with Crippen molar-refractivity contribution in [2.75, 3.05) is 42.7 Å². The number of hydrogen-bond donors (Lipinski definition) is 3. The number of rotatable bonds is 13. The number of nitrogens with zero attached hydrogens (tertiary/aromatic N) is 4. The van der Waals surface area contributed by atoms with Gasteiger partial charge >= 0.3 is 6.09 Å². The molecule has 4 rings (SSSR count). The molecule has 2 aromatic heterocycles. The van der Waals surface area contributed by atoms with E-state index in [4.69, 9.17) is 9.15 Å². The van der Waals surface area contributed by atoms with Crippen molar-refractivity contribution in [1.82, 2.24) is 20.5 Å². The number of aromatic nitrogens is 3. The molecule has 1 aliphatic carbocycles. The van der Waals surface area contributed by atoms with Crippen LogP contribution in [0.5, 0.6) is 0 Å². The van der Waals surface area contributed by atoms with Crippen LogP contribution in [0.3, 0.4) is 0 Å². The zero-order chi connectivity index (χ0) is 28.2. The number of nitrogens with one attached hydrogen (secondary N) is 2. The van der Waals surface area contributed by atoms with Crippen molar-refractivity contribution >= 4 is 27.8 Å². The molecule has 2 heterocycles. The summed E-state index contributed by atoms with van der Waals surface area (Å²) in [6.07, 6.45) is 1.20. The maximum absolute atomic E-state index is 12.0. The van der Waals surface area contributed by atoms with Crippen LogP contribution >= 0.6 is 0 Å². The van der Waals surface area contributed by atoms with E-state index in [-0.39, 0.29) is 24.0 Å². The Labute approximate surface area is 227 Å². The Bertz CT molecular complexity index is 1400. The van der Waals surface area contributed by atoms with Gasteiger partial charge in [-0.25, -0.2) is 18.2 Å². The maximum atomic E-state index is 12.0. The molecular formula is C26H34N6O6S. The highest BCUT2D eigenvalue weighted by Gasteiger charge is 2.36. The van der Waals surface area contributed by atoms with Crippen LogP contribution in [0.25, 0.3) is 11.5 Å². The predicted molar refractivity (Wildman–Crippen MR) is 146 cm³/mol. The average molecular weight is 559 g/mol. The monoisotopic (exact) mass is 558 g/mol. The van der Waals surface area contributed by atoms with E-state index >= 15 is 0 Å². The molecule has 3 atom stereocenters. The number of ether oxygens (including phenoxy) is 1. The number of sulfonamides is 1. The molecule has 13 heteroatoms. The fourth-order valence-corrected chi connectivity index (χ4v) is 4.94. The van der Waals surface area contributed by atoms with Crippen LogP contribution < -0.4 is 14.9 Å². The van der Waals surface area contributed by atoms with Crippen molar-refractivity contribution in [3.05, 3.63) is 53.9 Å². The van der Waals surface area contributed by atoms with Crippen molar-refractivity contribution < 1.29 is 27.5 Å². The van der Waals surface area contributed by atoms with Crippen LogP contribution in [0.15, 0.2) is 46.9 Å². The summed E-state index contributed by atoms with van der Waals surface area (Å²) in [4.78, 5) is 18.3. The molecule has 1 fully saturated rings. The Kier molecular flexibility index (Phi) is 8.40.